The number of aromatic carboxylic acids is 1. The number of hydrogen-bond acceptors (Lipinski definition) is 10. The number of ether oxygens (including phenoxy) is 3. The van der Waals surface area contributed by atoms with Gasteiger partial charge in [-0.2, -0.15) is 0 Å². The van der Waals surface area contributed by atoms with Crippen molar-refractivity contribution in [1.29, 1.82) is 0 Å². The SMILES string of the molecule is C.C.CC1(C)CCC(C)(C)c2cc(N)ccc21.CCN(c1ccc(C(=O)O)cc1)c1ccc2c(c1)C(C)(C)CCC2(C)C.CCN(c1ccc(C(=O)OC)cc1)c1ccc2c(c1)C(C)(C)CCC2(C)C.COC(=O)c1ccc(Cc2ccc3c(c2)C(C)(C)CCC3(C)C)cc1.COC(=O)c1ccc(I)cc1. The standard InChI is InChI=1S/C24H31NO2.C23H29NO2.C23H28O2.C14H21N.C8H7IO2.2CH4/c1-7-25(18-10-8-17(9-11-18)22(26)27-6)19-12-13-20-21(16-19)24(4,5)15-14-23(20,2)3;1-6-24(17-9-7-16(8-10-17)21(25)26)18-11-12-19-20(15-18)23(4,5)14-13-22(19,2)3;1-22(2)12-13-23(3,4)20-15-17(8-11-19(20)22)14-16-6-9-18(10-7-16)21(24)25-5;1-13(2)7-8-14(3,4)12-9-10(15)5-6-11(12)13;1-11-8(10)6-2-4-7(9)5-3-6;;/h8-13,16H,7,14-15H2,1-6H3;7-12,15H,6,13-14H2,1-5H3,(H,25,26);6-11,15H,12-14H2,1-5H3;5-6,9H,7-8,15H2,1-4H3;2-5H,1H3;2*1H4. The molecule has 11 nitrogen and oxygen atoms in total. The molecule has 0 aliphatic heterocycles. The summed E-state index contributed by atoms with van der Waals surface area (Å²) < 4.78 is 15.2. The highest BCUT2D eigenvalue weighted by atomic mass is 127. The summed E-state index contributed by atoms with van der Waals surface area (Å²) >= 11 is 2.18. The molecule has 8 aromatic carbocycles. The van der Waals surface area contributed by atoms with Crippen LogP contribution in [0, 0.1) is 3.57 Å². The zero-order valence-corrected chi connectivity index (χ0v) is 68.3. The van der Waals surface area contributed by atoms with E-state index in [1.54, 1.807) is 24.3 Å². The number of halogens is 1. The Kier molecular flexibility index (Phi) is 28.4. The molecule has 0 radical (unpaired) electrons. The molecule has 12 rings (SSSR count). The first-order chi connectivity index (χ1) is 48.6. The third-order valence-corrected chi connectivity index (χ3v) is 23.5. The Balaban J connectivity index is 0.000000213. The number of rotatable bonds is 12. The van der Waals surface area contributed by atoms with E-state index in [0.717, 1.165) is 40.1 Å². The van der Waals surface area contributed by atoms with Gasteiger partial charge >= 0.3 is 23.9 Å². The van der Waals surface area contributed by atoms with Crippen LogP contribution in [0.5, 0.6) is 0 Å². The first-order valence-electron chi connectivity index (χ1n) is 37.1. The molecule has 3 N–H and O–H groups in total. The number of nitrogens with two attached hydrogens (primary N) is 1. The van der Waals surface area contributed by atoms with E-state index in [1.807, 2.05) is 78.9 Å². The number of carboxylic acid groups (broad SMARTS) is 1. The molecule has 0 amide bonds. The predicted molar refractivity (Wildman–Crippen MR) is 452 cm³/mol. The van der Waals surface area contributed by atoms with Crippen LogP contribution < -0.4 is 15.5 Å². The van der Waals surface area contributed by atoms with Crippen LogP contribution in [0.2, 0.25) is 0 Å². The molecule has 0 fully saturated rings. The second-order valence-corrected chi connectivity index (χ2v) is 35.2. The Morgan fingerprint density at radius 1 is 0.349 bits per heavy atom. The van der Waals surface area contributed by atoms with E-state index in [9.17, 15) is 19.2 Å². The maximum absolute atomic E-state index is 11.7. The normalized spacial score (nSPS) is 16.9. The van der Waals surface area contributed by atoms with Crippen LogP contribution in [0.15, 0.2) is 170 Å². The molecule has 0 saturated heterocycles. The van der Waals surface area contributed by atoms with E-state index in [1.165, 1.54) is 140 Å². The Morgan fingerprint density at radius 2 is 0.604 bits per heavy atom. The largest absolute Gasteiger partial charge is 0.478 e. The van der Waals surface area contributed by atoms with Crippen LogP contribution in [-0.2, 0) is 64.0 Å². The molecule has 0 heterocycles. The van der Waals surface area contributed by atoms with Crippen molar-refractivity contribution in [1.82, 2.24) is 0 Å². The number of methoxy groups -OCH3 is 3. The van der Waals surface area contributed by atoms with Crippen molar-refractivity contribution >= 4 is 74.9 Å². The first-order valence-corrected chi connectivity index (χ1v) is 38.1. The second-order valence-electron chi connectivity index (χ2n) is 34.0. The number of fused-ring (bicyclic) bond motifs is 4. The predicted octanol–water partition coefficient (Wildman–Crippen LogP) is 24.3. The van der Waals surface area contributed by atoms with Gasteiger partial charge in [0.05, 0.1) is 43.6 Å². The molecule has 4 aliphatic rings. The van der Waals surface area contributed by atoms with Crippen LogP contribution >= 0.6 is 22.6 Å². The van der Waals surface area contributed by atoms with Crippen molar-refractivity contribution < 1.29 is 38.5 Å². The minimum atomic E-state index is -0.891. The highest BCUT2D eigenvalue weighted by Crippen LogP contribution is 2.51. The monoisotopic (exact) mass is 1550 g/mol. The van der Waals surface area contributed by atoms with E-state index in [2.05, 4.69) is 228 Å². The zero-order valence-electron chi connectivity index (χ0n) is 66.1. The molecule has 0 unspecified atom stereocenters. The van der Waals surface area contributed by atoms with Crippen molar-refractivity contribution in [2.75, 3.05) is 50.0 Å². The summed E-state index contributed by atoms with van der Waals surface area (Å²) in [4.78, 5) is 49.8. The van der Waals surface area contributed by atoms with Gasteiger partial charge in [-0.15, -0.1) is 0 Å². The lowest BCUT2D eigenvalue weighted by Gasteiger charge is -2.42. The van der Waals surface area contributed by atoms with Crippen LogP contribution in [0.1, 0.15) is 288 Å². The van der Waals surface area contributed by atoms with E-state index in [0.29, 0.717) is 27.7 Å². The van der Waals surface area contributed by atoms with Crippen molar-refractivity contribution in [3.63, 3.8) is 0 Å². The topological polar surface area (TPSA) is 149 Å². The third kappa shape index (κ3) is 20.3. The van der Waals surface area contributed by atoms with Gasteiger partial charge in [0.15, 0.2) is 0 Å². The summed E-state index contributed by atoms with van der Waals surface area (Å²) in [6.45, 7) is 43.4. The van der Waals surface area contributed by atoms with E-state index < -0.39 is 5.97 Å². The van der Waals surface area contributed by atoms with Gasteiger partial charge in [-0.05, 0) is 315 Å². The van der Waals surface area contributed by atoms with Gasteiger partial charge < -0.3 is 34.9 Å². The third-order valence-electron chi connectivity index (χ3n) is 22.8. The number of esters is 3. The van der Waals surface area contributed by atoms with Crippen LogP contribution in [0.4, 0.5) is 28.4 Å². The van der Waals surface area contributed by atoms with Gasteiger partial charge in [-0.25, -0.2) is 19.2 Å². The number of anilines is 5. The van der Waals surface area contributed by atoms with E-state index >= 15 is 0 Å². The second kappa shape index (κ2) is 34.8. The Bertz CT molecular complexity index is 4330. The van der Waals surface area contributed by atoms with Crippen molar-refractivity contribution in [2.45, 2.75) is 241 Å². The molecule has 0 spiro atoms. The molecular weight excluding hydrogens is 1430 g/mol. The number of carboxylic acids is 1. The Morgan fingerprint density at radius 3 is 0.925 bits per heavy atom. The molecule has 106 heavy (non-hydrogen) atoms. The molecule has 4 aliphatic carbocycles. The summed E-state index contributed by atoms with van der Waals surface area (Å²) in [5.41, 5.74) is 29.5. The molecule has 570 valence electrons. The van der Waals surface area contributed by atoms with E-state index in [-0.39, 0.29) is 70.7 Å². The lowest BCUT2D eigenvalue weighted by atomic mass is 9.63. The summed E-state index contributed by atoms with van der Waals surface area (Å²) in [7, 11) is 4.19. The van der Waals surface area contributed by atoms with Crippen LogP contribution in [0.25, 0.3) is 0 Å². The van der Waals surface area contributed by atoms with Gasteiger partial charge in [0.1, 0.15) is 0 Å². The highest BCUT2D eigenvalue weighted by molar-refractivity contribution is 14.1. The molecule has 0 atom stereocenters. The number of carbonyl (C=O) groups excluding carboxylic acids is 3. The smallest absolute Gasteiger partial charge is 0.337 e. The van der Waals surface area contributed by atoms with Crippen LogP contribution in [-0.4, -0.2) is 63.4 Å². The number of nitrogens with zero attached hydrogens (tertiary/aromatic N) is 2. The summed E-state index contributed by atoms with van der Waals surface area (Å²) in [5, 5.41) is 9.11. The maximum atomic E-state index is 11.7. The number of benzene rings is 8. The molecular formula is C94H124IN3O8. The van der Waals surface area contributed by atoms with Gasteiger partial charge in [0.2, 0.25) is 0 Å². The summed E-state index contributed by atoms with van der Waals surface area (Å²) in [6, 6.07) is 56.8. The lowest BCUT2D eigenvalue weighted by Crippen LogP contribution is -2.34. The van der Waals surface area contributed by atoms with Crippen LogP contribution in [0.3, 0.4) is 0 Å². The molecule has 8 aromatic rings. The Labute approximate surface area is 651 Å². The highest BCUT2D eigenvalue weighted by Gasteiger charge is 2.41. The average Bonchev–Trinajstić information content (AvgIpc) is 0.771. The van der Waals surface area contributed by atoms with Gasteiger partial charge in [-0.3, -0.25) is 0 Å². The number of nitrogen functional groups attached to an aromatic ring is 1. The van der Waals surface area contributed by atoms with Crippen molar-refractivity contribution in [3.05, 3.63) is 251 Å². The number of carbonyl (C=O) groups is 4. The maximum Gasteiger partial charge on any atom is 0.337 e. The minimum Gasteiger partial charge on any atom is -0.478 e. The lowest BCUT2D eigenvalue weighted by molar-refractivity contribution is 0.0592. The van der Waals surface area contributed by atoms with Gasteiger partial charge in [-0.1, -0.05) is 174 Å². The van der Waals surface area contributed by atoms with Crippen molar-refractivity contribution in [3.8, 4) is 0 Å². The molecule has 12 heteroatoms. The molecule has 0 aromatic heterocycles. The molecule has 0 bridgehead atoms. The fraction of sp³-hybridized carbons (Fsp3) is 0.447. The van der Waals surface area contributed by atoms with Crippen molar-refractivity contribution in [2.24, 2.45) is 0 Å². The quantitative estimate of drug-likeness (QED) is 0.0521. The summed E-state index contributed by atoms with van der Waals surface area (Å²) in [5.74, 6) is -1.77. The average molecular weight is 1550 g/mol. The first kappa shape index (κ1) is 86.7. The number of hydrogen-bond donors (Lipinski definition) is 2. The van der Waals surface area contributed by atoms with Gasteiger partial charge in [0, 0.05) is 45.1 Å². The van der Waals surface area contributed by atoms with E-state index in [4.69, 9.17) is 20.3 Å². The Hall–Kier alpha value is -8.23. The fourth-order valence-corrected chi connectivity index (χ4v) is 15.7. The molecule has 0 saturated carbocycles. The minimum absolute atomic E-state index is 0. The van der Waals surface area contributed by atoms with Gasteiger partial charge in [0.25, 0.3) is 0 Å². The fourth-order valence-electron chi connectivity index (χ4n) is 15.4. The zero-order chi connectivity index (χ0) is 76.7. The summed E-state index contributed by atoms with van der Waals surface area (Å²) in [6.07, 6.45) is 10.7.